The zero-order valence-corrected chi connectivity index (χ0v) is 14.3. The summed E-state index contributed by atoms with van der Waals surface area (Å²) in [4.78, 5) is 0. The topological polar surface area (TPSA) is 0 Å². The van der Waals surface area contributed by atoms with E-state index in [4.69, 9.17) is 0 Å². The van der Waals surface area contributed by atoms with Crippen LogP contribution in [0.5, 0.6) is 0 Å². The molecule has 2 radical (unpaired) electrons. The summed E-state index contributed by atoms with van der Waals surface area (Å²) in [6.07, 6.45) is 0. The Morgan fingerprint density at radius 2 is 0.929 bits per heavy atom. The zero-order chi connectivity index (χ0) is 11.4. The van der Waals surface area contributed by atoms with Crippen molar-refractivity contribution >= 4 is 23.1 Å². The summed E-state index contributed by atoms with van der Waals surface area (Å²) in [5, 5.41) is 4.56. The zero-order valence-electron chi connectivity index (χ0n) is 11.2. The molecule has 0 amide bonds. The molecule has 0 aromatic rings. The Balaban J connectivity index is 0. The first-order valence-corrected chi connectivity index (χ1v) is 12.9. The van der Waals surface area contributed by atoms with Crippen molar-refractivity contribution < 1.29 is 0 Å². The van der Waals surface area contributed by atoms with Crippen LogP contribution in [0, 0.1) is 0 Å². The van der Waals surface area contributed by atoms with Crippen molar-refractivity contribution in [3.05, 3.63) is 0 Å². The summed E-state index contributed by atoms with van der Waals surface area (Å²) >= 11 is -0.403. The third-order valence-electron chi connectivity index (χ3n) is 3.00. The second kappa shape index (κ2) is 13.8. The Bertz CT molecular complexity index is 65.3. The van der Waals surface area contributed by atoms with Gasteiger partial charge in [0.25, 0.3) is 0 Å². The van der Waals surface area contributed by atoms with E-state index < -0.39 is 14.3 Å². The van der Waals surface area contributed by atoms with Gasteiger partial charge < -0.3 is 0 Å². The maximum atomic E-state index is 2.34. The summed E-state index contributed by atoms with van der Waals surface area (Å²) < 4.78 is 0. The Labute approximate surface area is 98.6 Å². The Morgan fingerprint density at radius 1 is 0.643 bits per heavy atom. The number of hydrogen-bond acceptors (Lipinski definition) is 0. The summed E-state index contributed by atoms with van der Waals surface area (Å²) in [6.45, 7) is 13.9. The molecule has 0 bridgehead atoms. The molecule has 0 saturated heterocycles. The van der Waals surface area contributed by atoms with E-state index in [1.807, 2.05) is 0 Å². The average Bonchev–Trinajstić information content (AvgIpc) is 2.24. The second-order valence-corrected chi connectivity index (χ2v) is 14.8. The molecule has 0 fully saturated rings. The molecule has 0 atom stereocenters. The van der Waals surface area contributed by atoms with E-state index in [0.717, 1.165) is 0 Å². The van der Waals surface area contributed by atoms with Crippen LogP contribution in [0.1, 0.15) is 41.5 Å². The number of hydrogen-bond donors (Lipinski definition) is 0. The summed E-state index contributed by atoms with van der Waals surface area (Å²) in [5.41, 5.74) is 0. The average molecular weight is 275 g/mol. The molecule has 0 saturated carbocycles. The van der Waals surface area contributed by atoms with Crippen molar-refractivity contribution in [2.75, 3.05) is 0 Å². The molecule has 0 rings (SSSR count). The minimum atomic E-state index is -0.403. The van der Waals surface area contributed by atoms with Crippen molar-refractivity contribution in [1.82, 2.24) is 0 Å². The van der Waals surface area contributed by atoms with Gasteiger partial charge in [-0.2, -0.15) is 0 Å². The van der Waals surface area contributed by atoms with Crippen LogP contribution in [0.4, 0.5) is 0 Å². The first kappa shape index (κ1) is 17.2. The van der Waals surface area contributed by atoms with Gasteiger partial charge in [-0.15, -0.1) is 0 Å². The fourth-order valence-corrected chi connectivity index (χ4v) is 6.15. The van der Waals surface area contributed by atoms with Crippen LogP contribution >= 0.6 is 0 Å². The molecule has 0 aliphatic carbocycles. The predicted octanol–water partition coefficient (Wildman–Crippen LogP) is 5.08. The van der Waals surface area contributed by atoms with Crippen molar-refractivity contribution in [2.24, 2.45) is 0 Å². The summed E-state index contributed by atoms with van der Waals surface area (Å²) in [5.74, 6) is 0. The van der Waals surface area contributed by atoms with Crippen LogP contribution in [0.3, 0.4) is 0 Å². The third kappa shape index (κ3) is 10.8. The molecule has 0 aliphatic rings. The SMILES string of the molecule is CC[Si](CC)CC.C[CH2][Ge]([CH2]C)[CH2]C. The van der Waals surface area contributed by atoms with Gasteiger partial charge in [0, 0.05) is 8.80 Å². The minimum absolute atomic E-state index is 0.137. The van der Waals surface area contributed by atoms with E-state index >= 15 is 0 Å². The van der Waals surface area contributed by atoms with Gasteiger partial charge in [0.05, 0.1) is 0 Å². The molecular formula is C12H30GeSi. The summed E-state index contributed by atoms with van der Waals surface area (Å²) in [6, 6.07) is 4.37. The number of rotatable bonds is 6. The molecule has 14 heavy (non-hydrogen) atoms. The van der Waals surface area contributed by atoms with E-state index in [9.17, 15) is 0 Å². The quantitative estimate of drug-likeness (QED) is 0.593. The molecule has 0 N–H and O–H groups in total. The van der Waals surface area contributed by atoms with E-state index in [1.54, 1.807) is 0 Å². The molecule has 0 aromatic heterocycles. The summed E-state index contributed by atoms with van der Waals surface area (Å²) in [7, 11) is 0.137. The Hall–Kier alpha value is 0.760. The molecule has 0 spiro atoms. The molecule has 2 heteroatoms. The van der Waals surface area contributed by atoms with Crippen LogP contribution < -0.4 is 0 Å². The third-order valence-corrected chi connectivity index (χ3v) is 12.3. The van der Waals surface area contributed by atoms with E-state index in [-0.39, 0.29) is 8.80 Å². The van der Waals surface area contributed by atoms with Crippen LogP contribution in [0.2, 0.25) is 33.9 Å². The van der Waals surface area contributed by atoms with Crippen LogP contribution in [0.15, 0.2) is 0 Å². The van der Waals surface area contributed by atoms with Crippen molar-refractivity contribution in [3.8, 4) is 0 Å². The molecule has 0 unspecified atom stereocenters. The standard InChI is InChI=1S/C6H15Ge.C6H15Si/c2*1-4-7(5-2)6-3/h2*4-6H2,1-3H3. The van der Waals surface area contributed by atoms with Crippen molar-refractivity contribution in [3.63, 3.8) is 0 Å². The first-order valence-electron chi connectivity index (χ1n) is 6.36. The monoisotopic (exact) mass is 276 g/mol. The van der Waals surface area contributed by atoms with E-state index in [0.29, 0.717) is 0 Å². The van der Waals surface area contributed by atoms with Gasteiger partial charge in [-0.1, -0.05) is 38.9 Å². The van der Waals surface area contributed by atoms with E-state index in [2.05, 4.69) is 41.5 Å². The van der Waals surface area contributed by atoms with Crippen LogP contribution in [-0.4, -0.2) is 23.1 Å². The fraction of sp³-hybridized carbons (Fsp3) is 1.00. The van der Waals surface area contributed by atoms with Gasteiger partial charge in [0.1, 0.15) is 0 Å². The van der Waals surface area contributed by atoms with Gasteiger partial charge in [0.2, 0.25) is 0 Å². The molecule has 0 aliphatic heterocycles. The molecule has 0 nitrogen and oxygen atoms in total. The van der Waals surface area contributed by atoms with Gasteiger partial charge >= 0.3 is 50.9 Å². The van der Waals surface area contributed by atoms with E-state index in [1.165, 1.54) is 33.9 Å². The first-order chi connectivity index (χ1) is 6.69. The predicted molar refractivity (Wildman–Crippen MR) is 74.4 cm³/mol. The molecule has 86 valence electrons. The Kier molecular flexibility index (Phi) is 16.9. The Morgan fingerprint density at radius 3 is 0.929 bits per heavy atom. The van der Waals surface area contributed by atoms with Crippen molar-refractivity contribution in [1.29, 1.82) is 0 Å². The molecule has 0 aromatic carbocycles. The van der Waals surface area contributed by atoms with Gasteiger partial charge in [-0.05, 0) is 0 Å². The van der Waals surface area contributed by atoms with Gasteiger partial charge in [-0.25, -0.2) is 0 Å². The van der Waals surface area contributed by atoms with Crippen LogP contribution in [0.25, 0.3) is 0 Å². The van der Waals surface area contributed by atoms with Gasteiger partial charge in [0.15, 0.2) is 0 Å². The van der Waals surface area contributed by atoms with Gasteiger partial charge in [-0.3, -0.25) is 0 Å². The van der Waals surface area contributed by atoms with Crippen molar-refractivity contribution in [2.45, 2.75) is 75.4 Å². The normalized spacial score (nSPS) is 10.3. The maximum absolute atomic E-state index is 2.34. The second-order valence-electron chi connectivity index (χ2n) is 3.62. The van der Waals surface area contributed by atoms with Crippen LogP contribution in [-0.2, 0) is 0 Å². The molecular weight excluding hydrogens is 245 g/mol. The molecule has 0 heterocycles. The fourth-order valence-electron chi connectivity index (χ4n) is 1.50.